The van der Waals surface area contributed by atoms with Crippen molar-refractivity contribution in [1.29, 1.82) is 0 Å². The second kappa shape index (κ2) is 7.51. The summed E-state index contributed by atoms with van der Waals surface area (Å²) in [6, 6.07) is 5.73. The van der Waals surface area contributed by atoms with E-state index in [1.54, 1.807) is 6.20 Å². The Bertz CT molecular complexity index is 981. The lowest BCUT2D eigenvalue weighted by molar-refractivity contribution is 0.0687. The molecule has 3 aromatic heterocycles. The number of carbonyl (C=O) groups is 1. The van der Waals surface area contributed by atoms with Crippen LogP contribution in [0.3, 0.4) is 0 Å². The fourth-order valence-electron chi connectivity index (χ4n) is 3.74. The Hall–Kier alpha value is -3.07. The molecule has 0 spiro atoms. The smallest absolute Gasteiger partial charge is 0.356 e. The van der Waals surface area contributed by atoms with Gasteiger partial charge in [-0.2, -0.15) is 10.1 Å². The number of aromatic nitrogens is 5. The first-order valence-electron chi connectivity index (χ1n) is 9.33. The van der Waals surface area contributed by atoms with Crippen molar-refractivity contribution in [1.82, 2.24) is 29.8 Å². The summed E-state index contributed by atoms with van der Waals surface area (Å²) in [6.07, 6.45) is 4.07. The number of hydrogen-bond donors (Lipinski definition) is 1. The third-order valence-corrected chi connectivity index (χ3v) is 5.19. The van der Waals surface area contributed by atoms with Gasteiger partial charge >= 0.3 is 5.97 Å². The van der Waals surface area contributed by atoms with Crippen LogP contribution in [0, 0.1) is 0 Å². The molecule has 1 aliphatic carbocycles. The summed E-state index contributed by atoms with van der Waals surface area (Å²) in [5, 5.41) is 17.8. The quantitative estimate of drug-likeness (QED) is 0.689. The predicted molar refractivity (Wildman–Crippen MR) is 99.7 cm³/mol. The van der Waals surface area contributed by atoms with E-state index in [-0.39, 0.29) is 11.7 Å². The fourth-order valence-corrected chi connectivity index (χ4v) is 3.74. The molecule has 0 aromatic carbocycles. The van der Waals surface area contributed by atoms with E-state index in [4.69, 9.17) is 4.52 Å². The molecule has 0 saturated heterocycles. The second-order valence-electron chi connectivity index (χ2n) is 6.93. The van der Waals surface area contributed by atoms with Gasteiger partial charge in [-0.1, -0.05) is 11.2 Å². The molecule has 0 fully saturated rings. The zero-order valence-corrected chi connectivity index (χ0v) is 15.9. The van der Waals surface area contributed by atoms with Gasteiger partial charge in [0.2, 0.25) is 11.7 Å². The summed E-state index contributed by atoms with van der Waals surface area (Å²) in [5.74, 6) is 0.00707. The molecule has 1 unspecified atom stereocenters. The van der Waals surface area contributed by atoms with Crippen LogP contribution in [0.4, 0.5) is 0 Å². The normalized spacial score (nSPS) is 16.3. The number of likely N-dealkylation sites (N-methyl/N-ethyl adjacent to an activating group) is 1. The molecule has 3 aromatic rings. The number of fused-ring (bicyclic) bond motifs is 1. The standard InChI is InChI=1S/C19H22N6O3/c1-3-25-15-8-7-12(10-13(15)17(22-25)19(26)27)24(2)11-16-21-18(23-28-16)14-6-4-5-9-20-14/h4-6,9,12H,3,7-8,10-11H2,1-2H3,(H,26,27). The number of hydrogen-bond acceptors (Lipinski definition) is 7. The highest BCUT2D eigenvalue weighted by Gasteiger charge is 2.31. The topological polar surface area (TPSA) is 110 Å². The molecule has 1 atom stereocenters. The van der Waals surface area contributed by atoms with E-state index in [1.807, 2.05) is 36.9 Å². The van der Waals surface area contributed by atoms with E-state index in [2.05, 4.69) is 25.1 Å². The first-order chi connectivity index (χ1) is 13.6. The van der Waals surface area contributed by atoms with Gasteiger partial charge in [-0.05, 0) is 45.4 Å². The van der Waals surface area contributed by atoms with Crippen molar-refractivity contribution in [3.8, 4) is 11.5 Å². The van der Waals surface area contributed by atoms with Crippen molar-refractivity contribution in [3.05, 3.63) is 47.2 Å². The van der Waals surface area contributed by atoms with Crippen molar-refractivity contribution in [2.24, 2.45) is 0 Å². The van der Waals surface area contributed by atoms with E-state index in [1.165, 1.54) is 0 Å². The van der Waals surface area contributed by atoms with Crippen LogP contribution >= 0.6 is 0 Å². The van der Waals surface area contributed by atoms with Crippen molar-refractivity contribution >= 4 is 5.97 Å². The summed E-state index contributed by atoms with van der Waals surface area (Å²) < 4.78 is 7.19. The average Bonchev–Trinajstić information content (AvgIpc) is 3.32. The van der Waals surface area contributed by atoms with Crippen LogP contribution in [-0.4, -0.2) is 54.0 Å². The number of carboxylic acid groups (broad SMARTS) is 1. The Kier molecular flexibility index (Phi) is 4.91. The van der Waals surface area contributed by atoms with Gasteiger partial charge < -0.3 is 9.63 Å². The predicted octanol–water partition coefficient (Wildman–Crippen LogP) is 2.04. The minimum absolute atomic E-state index is 0.171. The SMILES string of the molecule is CCn1nc(C(=O)O)c2c1CCC(N(C)Cc1nc(-c3ccccn3)no1)C2. The maximum absolute atomic E-state index is 11.6. The highest BCUT2D eigenvalue weighted by atomic mass is 16.5. The molecule has 9 nitrogen and oxygen atoms in total. The Morgan fingerprint density at radius 2 is 2.29 bits per heavy atom. The van der Waals surface area contributed by atoms with Crippen LogP contribution in [0.1, 0.15) is 41.0 Å². The van der Waals surface area contributed by atoms with Crippen molar-refractivity contribution in [2.45, 2.75) is 45.3 Å². The van der Waals surface area contributed by atoms with Crippen LogP contribution in [0.5, 0.6) is 0 Å². The number of carboxylic acids is 1. The largest absolute Gasteiger partial charge is 0.476 e. The van der Waals surface area contributed by atoms with Crippen LogP contribution in [-0.2, 0) is 25.9 Å². The van der Waals surface area contributed by atoms with Gasteiger partial charge in [0.25, 0.3) is 0 Å². The van der Waals surface area contributed by atoms with Gasteiger partial charge in [0.1, 0.15) is 5.69 Å². The lowest BCUT2D eigenvalue weighted by atomic mass is 9.90. The molecule has 146 valence electrons. The van der Waals surface area contributed by atoms with Gasteiger partial charge in [-0.25, -0.2) is 4.79 Å². The number of nitrogens with zero attached hydrogens (tertiary/aromatic N) is 6. The molecule has 0 aliphatic heterocycles. The molecule has 4 rings (SSSR count). The minimum Gasteiger partial charge on any atom is -0.476 e. The molecule has 28 heavy (non-hydrogen) atoms. The van der Waals surface area contributed by atoms with Gasteiger partial charge in [-0.3, -0.25) is 14.6 Å². The van der Waals surface area contributed by atoms with Gasteiger partial charge in [0.05, 0.1) is 6.54 Å². The Morgan fingerprint density at radius 1 is 1.43 bits per heavy atom. The van der Waals surface area contributed by atoms with E-state index in [0.717, 1.165) is 24.1 Å². The Balaban J connectivity index is 1.48. The van der Waals surface area contributed by atoms with Crippen molar-refractivity contribution in [3.63, 3.8) is 0 Å². The van der Waals surface area contributed by atoms with Gasteiger partial charge in [0, 0.05) is 30.0 Å². The molecule has 0 saturated carbocycles. The highest BCUT2D eigenvalue weighted by molar-refractivity contribution is 5.87. The summed E-state index contributed by atoms with van der Waals surface area (Å²) in [4.78, 5) is 22.4. The van der Waals surface area contributed by atoms with Crippen LogP contribution in [0.15, 0.2) is 28.9 Å². The molecular weight excluding hydrogens is 360 g/mol. The summed E-state index contributed by atoms with van der Waals surface area (Å²) in [5.41, 5.74) is 2.72. The molecule has 1 aliphatic rings. The second-order valence-corrected chi connectivity index (χ2v) is 6.93. The summed E-state index contributed by atoms with van der Waals surface area (Å²) in [7, 11) is 1.99. The van der Waals surface area contributed by atoms with Gasteiger partial charge in [-0.15, -0.1) is 0 Å². The van der Waals surface area contributed by atoms with Crippen LogP contribution in [0.2, 0.25) is 0 Å². The molecular formula is C19H22N6O3. The Labute approximate surface area is 162 Å². The van der Waals surface area contributed by atoms with Crippen molar-refractivity contribution in [2.75, 3.05) is 7.05 Å². The lowest BCUT2D eigenvalue weighted by Gasteiger charge is -2.30. The molecule has 0 bridgehead atoms. The van der Waals surface area contributed by atoms with Crippen LogP contribution in [0.25, 0.3) is 11.5 Å². The first kappa shape index (κ1) is 18.3. The lowest BCUT2D eigenvalue weighted by Crippen LogP contribution is -2.36. The highest BCUT2D eigenvalue weighted by Crippen LogP contribution is 2.28. The van der Waals surface area contributed by atoms with E-state index in [0.29, 0.717) is 36.9 Å². The van der Waals surface area contributed by atoms with E-state index in [9.17, 15) is 9.90 Å². The zero-order valence-electron chi connectivity index (χ0n) is 15.9. The molecule has 0 amide bonds. The van der Waals surface area contributed by atoms with E-state index >= 15 is 0 Å². The molecule has 3 heterocycles. The summed E-state index contributed by atoms with van der Waals surface area (Å²) in [6.45, 7) is 3.14. The zero-order chi connectivity index (χ0) is 19.7. The number of aryl methyl sites for hydroxylation is 1. The molecule has 9 heteroatoms. The first-order valence-corrected chi connectivity index (χ1v) is 9.33. The van der Waals surface area contributed by atoms with E-state index < -0.39 is 5.97 Å². The summed E-state index contributed by atoms with van der Waals surface area (Å²) >= 11 is 0. The maximum atomic E-state index is 11.6. The number of aromatic carboxylic acids is 1. The monoisotopic (exact) mass is 382 g/mol. The van der Waals surface area contributed by atoms with Gasteiger partial charge in [0.15, 0.2) is 5.69 Å². The third-order valence-electron chi connectivity index (χ3n) is 5.19. The van der Waals surface area contributed by atoms with Crippen LogP contribution < -0.4 is 0 Å². The average molecular weight is 382 g/mol. The number of rotatable bonds is 6. The molecule has 0 radical (unpaired) electrons. The Morgan fingerprint density at radius 3 is 3.00 bits per heavy atom. The molecule has 1 N–H and O–H groups in total. The third kappa shape index (κ3) is 3.40. The number of pyridine rings is 1. The maximum Gasteiger partial charge on any atom is 0.356 e. The minimum atomic E-state index is -0.969. The fraction of sp³-hybridized carbons (Fsp3) is 0.421. The van der Waals surface area contributed by atoms with Crippen molar-refractivity contribution < 1.29 is 14.4 Å².